The molecule has 7 nitrogen and oxygen atoms in total. The average molecular weight is 372 g/mol. The van der Waals surface area contributed by atoms with E-state index in [1.165, 1.54) is 35.6 Å². The van der Waals surface area contributed by atoms with Crippen LogP contribution in [0.25, 0.3) is 10.2 Å². The van der Waals surface area contributed by atoms with Crippen molar-refractivity contribution < 1.29 is 24.2 Å². The normalized spacial score (nSPS) is 11.6. The molecule has 0 unspecified atom stereocenters. The fourth-order valence-corrected chi connectivity index (χ4v) is 3.66. The van der Waals surface area contributed by atoms with Gasteiger partial charge in [0.05, 0.1) is 19.8 Å². The van der Waals surface area contributed by atoms with Crippen LogP contribution >= 0.6 is 11.3 Å². The van der Waals surface area contributed by atoms with Crippen LogP contribution in [0, 0.1) is 0 Å². The van der Waals surface area contributed by atoms with E-state index in [4.69, 9.17) is 14.6 Å². The summed E-state index contributed by atoms with van der Waals surface area (Å²) in [5.41, 5.74) is 1.21. The molecule has 1 N–H and O–H groups in total. The summed E-state index contributed by atoms with van der Waals surface area (Å²) in [5, 5.41) is 8.93. The summed E-state index contributed by atoms with van der Waals surface area (Å²) in [4.78, 5) is 28.0. The van der Waals surface area contributed by atoms with Gasteiger partial charge < -0.3 is 19.1 Å². The second-order valence-corrected chi connectivity index (χ2v) is 6.37. The smallest absolute Gasteiger partial charge is 0.335 e. The largest absolute Gasteiger partial charge is 0.495 e. The van der Waals surface area contributed by atoms with E-state index in [1.54, 1.807) is 38.0 Å². The molecule has 134 valence electrons. The van der Waals surface area contributed by atoms with E-state index in [0.29, 0.717) is 21.9 Å². The van der Waals surface area contributed by atoms with Gasteiger partial charge in [0, 0.05) is 12.6 Å². The van der Waals surface area contributed by atoms with Crippen molar-refractivity contribution in [2.75, 3.05) is 14.2 Å². The number of methoxy groups -OCH3 is 2. The first-order valence-corrected chi connectivity index (χ1v) is 8.41. The number of aryl methyl sites for hydroxylation is 1. The third-order valence-corrected chi connectivity index (χ3v) is 5.04. The molecule has 8 heteroatoms. The maximum atomic E-state index is 12.4. The van der Waals surface area contributed by atoms with Gasteiger partial charge in [0.15, 0.2) is 4.80 Å². The van der Waals surface area contributed by atoms with Crippen molar-refractivity contribution in [3.8, 4) is 11.5 Å². The number of carboxylic acids is 1. The molecule has 0 saturated heterocycles. The highest BCUT2D eigenvalue weighted by Gasteiger charge is 2.15. The van der Waals surface area contributed by atoms with Gasteiger partial charge in [-0.2, -0.15) is 4.99 Å². The Labute approximate surface area is 152 Å². The number of carbonyl (C=O) groups is 2. The van der Waals surface area contributed by atoms with E-state index >= 15 is 0 Å². The van der Waals surface area contributed by atoms with Crippen molar-refractivity contribution in [1.29, 1.82) is 0 Å². The summed E-state index contributed by atoms with van der Waals surface area (Å²) in [6, 6.07) is 9.25. The molecule has 2 aromatic carbocycles. The van der Waals surface area contributed by atoms with E-state index in [0.717, 1.165) is 10.2 Å². The summed E-state index contributed by atoms with van der Waals surface area (Å²) < 4.78 is 13.4. The Kier molecular flexibility index (Phi) is 4.77. The number of carboxylic acid groups (broad SMARTS) is 1. The Morgan fingerprint density at radius 3 is 2.15 bits per heavy atom. The molecule has 0 saturated carbocycles. The fourth-order valence-electron chi connectivity index (χ4n) is 2.54. The van der Waals surface area contributed by atoms with Crippen LogP contribution in [0.2, 0.25) is 0 Å². The molecule has 0 bridgehead atoms. The zero-order chi connectivity index (χ0) is 18.8. The molecule has 0 radical (unpaired) electrons. The topological polar surface area (TPSA) is 90.1 Å². The molecular weight excluding hydrogens is 356 g/mol. The molecule has 0 aliphatic carbocycles. The third kappa shape index (κ3) is 3.06. The van der Waals surface area contributed by atoms with E-state index in [1.807, 2.05) is 0 Å². The standard InChI is InChI=1S/C18H16N2O5S/c1-20-14-12(24-2)8-9-13(25-3)15(14)26-18(20)19-16(21)10-4-6-11(7-5-10)17(22)23/h4-9H,1-3H3,(H,22,23). The van der Waals surface area contributed by atoms with Crippen molar-refractivity contribution in [1.82, 2.24) is 4.57 Å². The Hall–Kier alpha value is -3.13. The van der Waals surface area contributed by atoms with E-state index in [9.17, 15) is 9.59 Å². The van der Waals surface area contributed by atoms with Crippen LogP contribution in [0.1, 0.15) is 20.7 Å². The highest BCUT2D eigenvalue weighted by Crippen LogP contribution is 2.34. The number of fused-ring (bicyclic) bond motifs is 1. The number of aromatic carboxylic acids is 1. The molecule has 0 spiro atoms. The number of rotatable bonds is 4. The minimum Gasteiger partial charge on any atom is -0.495 e. The maximum Gasteiger partial charge on any atom is 0.335 e. The number of thiazole rings is 1. The third-order valence-electron chi connectivity index (χ3n) is 3.89. The molecule has 1 aromatic heterocycles. The summed E-state index contributed by atoms with van der Waals surface area (Å²) in [5.74, 6) is -0.182. The van der Waals surface area contributed by atoms with Gasteiger partial charge in [0.2, 0.25) is 0 Å². The van der Waals surface area contributed by atoms with Crippen LogP contribution in [-0.2, 0) is 7.05 Å². The summed E-state index contributed by atoms with van der Waals surface area (Å²) in [6.45, 7) is 0. The van der Waals surface area contributed by atoms with Crippen LogP contribution in [0.4, 0.5) is 0 Å². The lowest BCUT2D eigenvalue weighted by Gasteiger charge is -2.06. The number of carbonyl (C=O) groups excluding carboxylic acids is 1. The van der Waals surface area contributed by atoms with Gasteiger partial charge in [-0.1, -0.05) is 11.3 Å². The van der Waals surface area contributed by atoms with Crippen molar-refractivity contribution in [2.45, 2.75) is 0 Å². The molecule has 0 atom stereocenters. The van der Waals surface area contributed by atoms with E-state index in [-0.39, 0.29) is 5.56 Å². The number of ether oxygens (including phenoxy) is 2. The molecule has 0 aliphatic heterocycles. The fraction of sp³-hybridized carbons (Fsp3) is 0.167. The Morgan fingerprint density at radius 1 is 1.00 bits per heavy atom. The number of benzene rings is 2. The molecule has 0 fully saturated rings. The van der Waals surface area contributed by atoms with Crippen LogP contribution in [0.3, 0.4) is 0 Å². The van der Waals surface area contributed by atoms with Crippen molar-refractivity contribution in [3.05, 3.63) is 52.3 Å². The zero-order valence-corrected chi connectivity index (χ0v) is 15.2. The highest BCUT2D eigenvalue weighted by atomic mass is 32.1. The number of aromatic nitrogens is 1. The van der Waals surface area contributed by atoms with Gasteiger partial charge in [-0.25, -0.2) is 4.79 Å². The second-order valence-electron chi connectivity index (χ2n) is 5.39. The average Bonchev–Trinajstić information content (AvgIpc) is 2.97. The lowest BCUT2D eigenvalue weighted by Crippen LogP contribution is -2.13. The first-order valence-electron chi connectivity index (χ1n) is 7.59. The molecule has 3 rings (SSSR count). The summed E-state index contributed by atoms with van der Waals surface area (Å²) in [7, 11) is 4.94. The number of hydrogen-bond donors (Lipinski definition) is 1. The Balaban J connectivity index is 2.11. The van der Waals surface area contributed by atoms with Gasteiger partial charge in [-0.3, -0.25) is 4.79 Å². The predicted octanol–water partition coefficient (Wildman–Crippen LogP) is 2.70. The first kappa shape index (κ1) is 17.7. The van der Waals surface area contributed by atoms with E-state index in [2.05, 4.69) is 4.99 Å². The number of hydrogen-bond acceptors (Lipinski definition) is 5. The first-order chi connectivity index (χ1) is 12.5. The Morgan fingerprint density at radius 2 is 1.58 bits per heavy atom. The van der Waals surface area contributed by atoms with Crippen LogP contribution in [0.5, 0.6) is 11.5 Å². The van der Waals surface area contributed by atoms with Gasteiger partial charge in [-0.15, -0.1) is 0 Å². The van der Waals surface area contributed by atoms with Crippen LogP contribution in [0.15, 0.2) is 41.4 Å². The lowest BCUT2D eigenvalue weighted by atomic mass is 10.1. The minimum atomic E-state index is -1.05. The number of amides is 1. The van der Waals surface area contributed by atoms with Gasteiger partial charge in [0.1, 0.15) is 21.7 Å². The molecule has 3 aromatic rings. The van der Waals surface area contributed by atoms with Crippen LogP contribution < -0.4 is 14.3 Å². The molecular formula is C18H16N2O5S. The number of nitrogens with zero attached hydrogens (tertiary/aromatic N) is 2. The molecule has 1 heterocycles. The van der Waals surface area contributed by atoms with Gasteiger partial charge in [-0.05, 0) is 36.4 Å². The van der Waals surface area contributed by atoms with Gasteiger partial charge in [0.25, 0.3) is 5.91 Å². The SMILES string of the molecule is COc1ccc(OC)c2c1sc(=NC(=O)c1ccc(C(=O)O)cc1)n2C. The molecule has 1 amide bonds. The molecule has 26 heavy (non-hydrogen) atoms. The van der Waals surface area contributed by atoms with Crippen LogP contribution in [-0.4, -0.2) is 35.8 Å². The summed E-state index contributed by atoms with van der Waals surface area (Å²) in [6.07, 6.45) is 0. The maximum absolute atomic E-state index is 12.4. The van der Waals surface area contributed by atoms with E-state index < -0.39 is 11.9 Å². The highest BCUT2D eigenvalue weighted by molar-refractivity contribution is 7.16. The monoisotopic (exact) mass is 372 g/mol. The van der Waals surface area contributed by atoms with Gasteiger partial charge >= 0.3 is 5.97 Å². The predicted molar refractivity (Wildman–Crippen MR) is 97.2 cm³/mol. The van der Waals surface area contributed by atoms with Crippen molar-refractivity contribution in [3.63, 3.8) is 0 Å². The summed E-state index contributed by atoms with van der Waals surface area (Å²) >= 11 is 1.31. The Bertz CT molecular complexity index is 1060. The minimum absolute atomic E-state index is 0.114. The quantitative estimate of drug-likeness (QED) is 0.760. The molecule has 0 aliphatic rings. The lowest BCUT2D eigenvalue weighted by molar-refractivity contribution is 0.0696. The van der Waals surface area contributed by atoms with Crippen molar-refractivity contribution >= 4 is 33.4 Å². The zero-order valence-electron chi connectivity index (χ0n) is 14.3. The second kappa shape index (κ2) is 7.01. The van der Waals surface area contributed by atoms with Crippen molar-refractivity contribution in [2.24, 2.45) is 12.0 Å².